The van der Waals surface area contributed by atoms with Gasteiger partial charge in [-0.25, -0.2) is 15.3 Å². The Kier molecular flexibility index (Phi) is 4.30. The Balaban J connectivity index is 1.73. The largest absolute Gasteiger partial charge is 0.348 e. The topological polar surface area (TPSA) is 84.1 Å². The molecule has 0 spiro atoms. The number of hydrazone groups is 1. The van der Waals surface area contributed by atoms with E-state index in [4.69, 9.17) is 5.26 Å². The maximum atomic E-state index is 12.3. The van der Waals surface area contributed by atoms with Gasteiger partial charge in [-0.1, -0.05) is 18.2 Å². The van der Waals surface area contributed by atoms with E-state index in [-0.39, 0.29) is 12.7 Å². The molecule has 0 fully saturated rings. The van der Waals surface area contributed by atoms with Gasteiger partial charge in [0.2, 0.25) is 0 Å². The molecular weight excluding hydrogens is 312 g/mol. The van der Waals surface area contributed by atoms with Gasteiger partial charge in [-0.2, -0.15) is 5.26 Å². The number of thioether (sulfide) groups is 1. The number of nitrogens with zero attached hydrogens (tertiary/aromatic N) is 5. The molecule has 23 heavy (non-hydrogen) atoms. The minimum atomic E-state index is -0.158. The standard InChI is InChI=1S/C15H14N6OS/c1-23-10-21-15(22)20-9-17-13(14(20)18-19-21)7-6-11-2-4-12(8-16)5-3-11/h2-7,19H,9-10H2,1H3/b7-6+. The number of carbonyl (C=O) groups is 1. The molecule has 8 heteroatoms. The molecule has 0 aromatic heterocycles. The van der Waals surface area contributed by atoms with Crippen molar-refractivity contribution in [2.45, 2.75) is 0 Å². The predicted molar refractivity (Wildman–Crippen MR) is 90.5 cm³/mol. The van der Waals surface area contributed by atoms with Gasteiger partial charge < -0.3 is 0 Å². The summed E-state index contributed by atoms with van der Waals surface area (Å²) in [6, 6.07) is 9.15. The second-order valence-electron chi connectivity index (χ2n) is 4.84. The molecule has 2 heterocycles. The molecule has 116 valence electrons. The Morgan fingerprint density at radius 1 is 1.39 bits per heavy atom. The van der Waals surface area contributed by atoms with Crippen LogP contribution in [-0.2, 0) is 0 Å². The van der Waals surface area contributed by atoms with Gasteiger partial charge in [0.25, 0.3) is 0 Å². The Morgan fingerprint density at radius 3 is 2.87 bits per heavy atom. The van der Waals surface area contributed by atoms with Gasteiger partial charge in [0, 0.05) is 0 Å². The lowest BCUT2D eigenvalue weighted by molar-refractivity contribution is 0.155. The number of carbonyl (C=O) groups excluding carboxylic acids is 1. The van der Waals surface area contributed by atoms with E-state index in [2.05, 4.69) is 21.7 Å². The lowest BCUT2D eigenvalue weighted by Crippen LogP contribution is -2.54. The highest BCUT2D eigenvalue weighted by Gasteiger charge is 2.34. The number of fused-ring (bicyclic) bond motifs is 1. The smallest absolute Gasteiger partial charge is 0.259 e. The molecule has 0 radical (unpaired) electrons. The molecule has 3 rings (SSSR count). The molecule has 1 aromatic rings. The van der Waals surface area contributed by atoms with Gasteiger partial charge in [0.05, 0.1) is 17.5 Å². The Morgan fingerprint density at radius 2 is 2.17 bits per heavy atom. The molecule has 0 atom stereocenters. The highest BCUT2D eigenvalue weighted by atomic mass is 32.2. The number of benzene rings is 1. The van der Waals surface area contributed by atoms with Crippen molar-refractivity contribution in [2.75, 3.05) is 18.8 Å². The van der Waals surface area contributed by atoms with E-state index >= 15 is 0 Å². The summed E-state index contributed by atoms with van der Waals surface area (Å²) < 4.78 is 0. The predicted octanol–water partition coefficient (Wildman–Crippen LogP) is 1.86. The van der Waals surface area contributed by atoms with E-state index < -0.39 is 0 Å². The SMILES string of the molecule is CSCN1NN=C2C(/C=C/c3ccc(C#N)cc3)=NCN2C1=O. The average molecular weight is 326 g/mol. The summed E-state index contributed by atoms with van der Waals surface area (Å²) in [5.74, 6) is 1.04. The van der Waals surface area contributed by atoms with Crippen LogP contribution in [-0.4, -0.2) is 46.3 Å². The molecule has 0 unspecified atom stereocenters. The Labute approximate surface area is 137 Å². The van der Waals surface area contributed by atoms with Crippen molar-refractivity contribution in [3.05, 3.63) is 41.5 Å². The molecular formula is C15H14N6OS. The molecule has 2 aliphatic rings. The number of urea groups is 1. The van der Waals surface area contributed by atoms with Crippen LogP contribution in [0, 0.1) is 11.3 Å². The van der Waals surface area contributed by atoms with Crippen molar-refractivity contribution in [3.8, 4) is 6.07 Å². The van der Waals surface area contributed by atoms with E-state index in [1.165, 1.54) is 21.7 Å². The van der Waals surface area contributed by atoms with Crippen molar-refractivity contribution >= 4 is 35.4 Å². The van der Waals surface area contributed by atoms with Crippen LogP contribution in [0.1, 0.15) is 11.1 Å². The second-order valence-corrected chi connectivity index (χ2v) is 5.68. The van der Waals surface area contributed by atoms with Crippen LogP contribution in [0.4, 0.5) is 4.79 Å². The zero-order valence-corrected chi connectivity index (χ0v) is 13.2. The summed E-state index contributed by atoms with van der Waals surface area (Å²) in [4.78, 5) is 18.1. The summed E-state index contributed by atoms with van der Waals surface area (Å²) in [7, 11) is 0. The van der Waals surface area contributed by atoms with Crippen LogP contribution in [0.3, 0.4) is 0 Å². The van der Waals surface area contributed by atoms with Crippen LogP contribution in [0.15, 0.2) is 40.4 Å². The minimum Gasteiger partial charge on any atom is -0.259 e. The van der Waals surface area contributed by atoms with Gasteiger partial charge in [-0.15, -0.1) is 16.9 Å². The Bertz CT molecular complexity index is 746. The van der Waals surface area contributed by atoms with E-state index in [9.17, 15) is 4.79 Å². The molecule has 0 saturated carbocycles. The normalized spacial score (nSPS) is 16.8. The number of amides is 2. The first-order valence-electron chi connectivity index (χ1n) is 6.87. The van der Waals surface area contributed by atoms with Gasteiger partial charge in [-0.05, 0) is 30.0 Å². The van der Waals surface area contributed by atoms with Crippen LogP contribution in [0.25, 0.3) is 6.08 Å². The summed E-state index contributed by atoms with van der Waals surface area (Å²) in [6.45, 7) is 0.275. The van der Waals surface area contributed by atoms with Crippen LogP contribution < -0.4 is 5.53 Å². The Hall–Kier alpha value is -2.79. The quantitative estimate of drug-likeness (QED) is 0.915. The third kappa shape index (κ3) is 3.05. The fraction of sp³-hybridized carbons (Fsp3) is 0.200. The van der Waals surface area contributed by atoms with Crippen LogP contribution in [0.5, 0.6) is 0 Å². The summed E-state index contributed by atoms with van der Waals surface area (Å²) >= 11 is 1.53. The van der Waals surface area contributed by atoms with E-state index in [1.807, 2.05) is 30.5 Å². The third-order valence-electron chi connectivity index (χ3n) is 3.34. The zero-order chi connectivity index (χ0) is 16.2. The number of aliphatic imine (C=N–C) groups is 1. The number of hydrogen-bond donors (Lipinski definition) is 1. The van der Waals surface area contributed by atoms with E-state index in [0.29, 0.717) is 23.0 Å². The monoisotopic (exact) mass is 326 g/mol. The lowest BCUT2D eigenvalue weighted by atomic mass is 10.1. The van der Waals surface area contributed by atoms with Crippen molar-refractivity contribution in [3.63, 3.8) is 0 Å². The van der Waals surface area contributed by atoms with Gasteiger partial charge in [0.15, 0.2) is 5.84 Å². The van der Waals surface area contributed by atoms with Gasteiger partial charge >= 0.3 is 6.03 Å². The number of nitriles is 1. The maximum absolute atomic E-state index is 12.3. The fourth-order valence-corrected chi connectivity index (χ4v) is 2.60. The number of nitrogens with one attached hydrogen (secondary N) is 1. The zero-order valence-electron chi connectivity index (χ0n) is 12.4. The molecule has 2 amide bonds. The number of hydrazine groups is 1. The van der Waals surface area contributed by atoms with Gasteiger partial charge in [0.1, 0.15) is 12.4 Å². The fourth-order valence-electron chi connectivity index (χ4n) is 2.17. The first kappa shape index (κ1) is 15.1. The molecule has 1 N–H and O–H groups in total. The van der Waals surface area contributed by atoms with Crippen LogP contribution >= 0.6 is 11.8 Å². The van der Waals surface area contributed by atoms with Crippen molar-refractivity contribution in [1.82, 2.24) is 15.4 Å². The summed E-state index contributed by atoms with van der Waals surface area (Å²) in [5, 5.41) is 14.5. The molecule has 7 nitrogen and oxygen atoms in total. The minimum absolute atomic E-state index is 0.158. The lowest BCUT2D eigenvalue weighted by Gasteiger charge is -2.30. The van der Waals surface area contributed by atoms with E-state index in [0.717, 1.165) is 5.56 Å². The summed E-state index contributed by atoms with van der Waals surface area (Å²) in [5.41, 5.74) is 4.96. The first-order chi connectivity index (χ1) is 11.2. The van der Waals surface area contributed by atoms with E-state index in [1.54, 1.807) is 12.1 Å². The first-order valence-corrected chi connectivity index (χ1v) is 8.26. The van der Waals surface area contributed by atoms with Crippen LogP contribution in [0.2, 0.25) is 0 Å². The number of amidine groups is 1. The molecule has 0 saturated heterocycles. The highest BCUT2D eigenvalue weighted by Crippen LogP contribution is 2.15. The molecule has 0 aliphatic carbocycles. The van der Waals surface area contributed by atoms with Crippen molar-refractivity contribution in [1.29, 1.82) is 5.26 Å². The van der Waals surface area contributed by atoms with Gasteiger partial charge in [-0.3, -0.25) is 9.89 Å². The molecule has 1 aromatic carbocycles. The molecule has 0 bridgehead atoms. The summed E-state index contributed by atoms with van der Waals surface area (Å²) in [6.07, 6.45) is 5.62. The van der Waals surface area contributed by atoms with Crippen molar-refractivity contribution < 1.29 is 4.79 Å². The maximum Gasteiger partial charge on any atom is 0.348 e. The number of hydrogen-bond acceptors (Lipinski definition) is 6. The highest BCUT2D eigenvalue weighted by molar-refractivity contribution is 7.98. The van der Waals surface area contributed by atoms with Crippen molar-refractivity contribution in [2.24, 2.45) is 10.1 Å². The average Bonchev–Trinajstić information content (AvgIpc) is 3.00. The third-order valence-corrected chi connectivity index (χ3v) is 3.85. The second kappa shape index (κ2) is 6.54. The molecule has 2 aliphatic heterocycles. The number of rotatable bonds is 4.